The van der Waals surface area contributed by atoms with E-state index in [1.54, 1.807) is 11.3 Å². The van der Waals surface area contributed by atoms with E-state index in [9.17, 15) is 0 Å². The molecule has 61 heavy (non-hydrogen) atoms. The molecule has 0 spiro atoms. The van der Waals surface area contributed by atoms with Crippen LogP contribution in [-0.4, -0.2) is 4.98 Å². The molecule has 0 aliphatic rings. The number of thiazole rings is 1. The molecule has 4 heteroatoms. The van der Waals surface area contributed by atoms with Crippen molar-refractivity contribution >= 4 is 77.2 Å². The molecule has 0 atom stereocenters. The molecule has 0 aliphatic heterocycles. The fourth-order valence-electron chi connectivity index (χ4n) is 8.52. The second-order valence-corrected chi connectivity index (χ2v) is 16.2. The zero-order valence-electron chi connectivity index (χ0n) is 33.3. The van der Waals surface area contributed by atoms with Crippen molar-refractivity contribution < 1.29 is 0 Å². The standard InChI is InChI=1S/C57H39N3S/c1-5-16-40(17-6-1)42-28-32-47(33-29-42)60(48-34-30-43(31-35-48)41-18-7-2-8-19-41)49-25-15-20-44(38-49)57-58-55-52-27-14-13-26-51(52)54-39-50(36-37-53(54)56(55)61-57)59(45-21-9-3-10-22-45)46-23-11-4-12-24-46/h1-39H. The highest BCUT2D eigenvalue weighted by Gasteiger charge is 2.20. The van der Waals surface area contributed by atoms with Gasteiger partial charge in [0.05, 0.1) is 10.2 Å². The van der Waals surface area contributed by atoms with Crippen LogP contribution >= 0.6 is 11.3 Å². The van der Waals surface area contributed by atoms with Crippen LogP contribution in [0.25, 0.3) is 64.6 Å². The lowest BCUT2D eigenvalue weighted by Crippen LogP contribution is -2.10. The summed E-state index contributed by atoms with van der Waals surface area (Å²) in [4.78, 5) is 10.1. The molecule has 0 N–H and O–H groups in total. The van der Waals surface area contributed by atoms with Crippen LogP contribution in [0.4, 0.5) is 34.1 Å². The second-order valence-electron chi connectivity index (χ2n) is 15.2. The van der Waals surface area contributed by atoms with Crippen LogP contribution in [0.5, 0.6) is 0 Å². The molecule has 0 radical (unpaired) electrons. The van der Waals surface area contributed by atoms with Gasteiger partial charge in [0.2, 0.25) is 0 Å². The third-order valence-corrected chi connectivity index (χ3v) is 12.6. The average Bonchev–Trinajstić information content (AvgIpc) is 3.80. The third kappa shape index (κ3) is 6.89. The molecular formula is C57H39N3S. The van der Waals surface area contributed by atoms with E-state index in [-0.39, 0.29) is 0 Å². The summed E-state index contributed by atoms with van der Waals surface area (Å²) in [5, 5.41) is 5.77. The van der Waals surface area contributed by atoms with Crippen molar-refractivity contribution in [2.45, 2.75) is 0 Å². The highest BCUT2D eigenvalue weighted by molar-refractivity contribution is 7.22. The van der Waals surface area contributed by atoms with Gasteiger partial charge in [0.25, 0.3) is 0 Å². The Morgan fingerprint density at radius 1 is 0.279 bits per heavy atom. The molecular weight excluding hydrogens is 759 g/mol. The Morgan fingerprint density at radius 3 is 1.25 bits per heavy atom. The van der Waals surface area contributed by atoms with Gasteiger partial charge in [-0.25, -0.2) is 4.98 Å². The van der Waals surface area contributed by atoms with E-state index in [1.165, 1.54) is 43.1 Å². The van der Waals surface area contributed by atoms with Gasteiger partial charge in [-0.1, -0.05) is 164 Å². The fraction of sp³-hybridized carbons (Fsp3) is 0. The topological polar surface area (TPSA) is 19.4 Å². The smallest absolute Gasteiger partial charge is 0.124 e. The summed E-state index contributed by atoms with van der Waals surface area (Å²) in [6.45, 7) is 0. The quantitative estimate of drug-likeness (QED) is 0.136. The minimum absolute atomic E-state index is 0.993. The maximum atomic E-state index is 5.44. The number of para-hydroxylation sites is 2. The summed E-state index contributed by atoms with van der Waals surface area (Å²) in [6, 6.07) is 84.5. The van der Waals surface area contributed by atoms with Gasteiger partial charge in [0.1, 0.15) is 5.01 Å². The Labute approximate surface area is 359 Å². The number of rotatable bonds is 9. The largest absolute Gasteiger partial charge is 0.310 e. The monoisotopic (exact) mass is 797 g/mol. The minimum Gasteiger partial charge on any atom is -0.310 e. The summed E-state index contributed by atoms with van der Waals surface area (Å²) in [5.41, 5.74) is 13.5. The normalized spacial score (nSPS) is 11.3. The molecule has 1 heterocycles. The van der Waals surface area contributed by atoms with Gasteiger partial charge in [0, 0.05) is 50.5 Å². The molecule has 11 rings (SSSR count). The van der Waals surface area contributed by atoms with Crippen LogP contribution < -0.4 is 9.80 Å². The minimum atomic E-state index is 0.993. The first-order chi connectivity index (χ1) is 30.2. The Hall–Kier alpha value is -7.79. The first kappa shape index (κ1) is 36.3. The van der Waals surface area contributed by atoms with E-state index in [4.69, 9.17) is 4.98 Å². The summed E-state index contributed by atoms with van der Waals surface area (Å²) in [7, 11) is 0. The van der Waals surface area contributed by atoms with Gasteiger partial charge in [-0.3, -0.25) is 0 Å². The SMILES string of the molecule is c1ccc(-c2ccc(N(c3ccc(-c4ccccc4)cc3)c3cccc(-c4nc5c6ccccc6c6cc(N(c7ccccc7)c7ccccc7)ccc6c5s4)c3)cc2)cc1. The van der Waals surface area contributed by atoms with Crippen molar-refractivity contribution in [3.8, 4) is 32.8 Å². The number of fused-ring (bicyclic) bond motifs is 6. The van der Waals surface area contributed by atoms with Crippen molar-refractivity contribution in [2.24, 2.45) is 0 Å². The molecule has 0 unspecified atom stereocenters. The number of hydrogen-bond acceptors (Lipinski definition) is 4. The third-order valence-electron chi connectivity index (χ3n) is 11.5. The Balaban J connectivity index is 1.03. The van der Waals surface area contributed by atoms with Gasteiger partial charge in [-0.2, -0.15) is 0 Å². The fourth-order valence-corrected chi connectivity index (χ4v) is 9.63. The number of nitrogens with zero attached hydrogens (tertiary/aromatic N) is 3. The predicted octanol–water partition coefficient (Wildman–Crippen LogP) is 16.5. The number of hydrogen-bond donors (Lipinski definition) is 0. The van der Waals surface area contributed by atoms with Crippen molar-refractivity contribution in [1.82, 2.24) is 4.98 Å². The zero-order valence-corrected chi connectivity index (χ0v) is 34.1. The molecule has 1 aromatic heterocycles. The van der Waals surface area contributed by atoms with E-state index in [1.807, 2.05) is 0 Å². The Morgan fingerprint density at radius 2 is 0.689 bits per heavy atom. The van der Waals surface area contributed by atoms with Gasteiger partial charge in [-0.15, -0.1) is 11.3 Å². The molecule has 3 nitrogen and oxygen atoms in total. The van der Waals surface area contributed by atoms with Gasteiger partial charge in [0.15, 0.2) is 0 Å². The molecule has 0 bridgehead atoms. The molecule has 0 saturated carbocycles. The summed E-state index contributed by atoms with van der Waals surface area (Å²) in [5.74, 6) is 0. The zero-order chi connectivity index (χ0) is 40.5. The van der Waals surface area contributed by atoms with E-state index < -0.39 is 0 Å². The lowest BCUT2D eigenvalue weighted by Gasteiger charge is -2.26. The Bertz CT molecular complexity index is 3150. The number of benzene rings is 10. The molecule has 10 aromatic carbocycles. The predicted molar refractivity (Wildman–Crippen MR) is 260 cm³/mol. The number of aromatic nitrogens is 1. The molecule has 0 amide bonds. The highest BCUT2D eigenvalue weighted by atomic mass is 32.1. The van der Waals surface area contributed by atoms with Crippen LogP contribution in [0.3, 0.4) is 0 Å². The maximum absolute atomic E-state index is 5.44. The maximum Gasteiger partial charge on any atom is 0.124 e. The summed E-state index contributed by atoms with van der Waals surface area (Å²) >= 11 is 1.77. The lowest BCUT2D eigenvalue weighted by atomic mass is 9.99. The van der Waals surface area contributed by atoms with Gasteiger partial charge in [-0.05, 0) is 106 Å². The highest BCUT2D eigenvalue weighted by Crippen LogP contribution is 2.45. The number of anilines is 6. The lowest BCUT2D eigenvalue weighted by molar-refractivity contribution is 1.28. The van der Waals surface area contributed by atoms with Crippen LogP contribution in [0.1, 0.15) is 0 Å². The van der Waals surface area contributed by atoms with Gasteiger partial charge >= 0.3 is 0 Å². The first-order valence-electron chi connectivity index (χ1n) is 20.6. The Kier molecular flexibility index (Phi) is 9.38. The van der Waals surface area contributed by atoms with Crippen molar-refractivity contribution in [1.29, 1.82) is 0 Å². The molecule has 0 fully saturated rings. The van der Waals surface area contributed by atoms with E-state index in [0.29, 0.717) is 0 Å². The molecule has 0 saturated heterocycles. The van der Waals surface area contributed by atoms with Crippen LogP contribution in [0.15, 0.2) is 237 Å². The van der Waals surface area contributed by atoms with Crippen molar-refractivity contribution in [2.75, 3.05) is 9.80 Å². The molecule has 0 aliphatic carbocycles. The van der Waals surface area contributed by atoms with Crippen molar-refractivity contribution in [3.63, 3.8) is 0 Å². The molecule has 11 aromatic rings. The van der Waals surface area contributed by atoms with Crippen LogP contribution in [0.2, 0.25) is 0 Å². The first-order valence-corrected chi connectivity index (χ1v) is 21.4. The second kappa shape index (κ2) is 15.8. The van der Waals surface area contributed by atoms with E-state index in [2.05, 4.69) is 246 Å². The molecule has 288 valence electrons. The van der Waals surface area contributed by atoms with Crippen molar-refractivity contribution in [3.05, 3.63) is 237 Å². The summed E-state index contributed by atoms with van der Waals surface area (Å²) in [6.07, 6.45) is 0. The van der Waals surface area contributed by atoms with Crippen LogP contribution in [-0.2, 0) is 0 Å². The van der Waals surface area contributed by atoms with E-state index in [0.717, 1.165) is 55.6 Å². The van der Waals surface area contributed by atoms with Gasteiger partial charge < -0.3 is 9.80 Å². The van der Waals surface area contributed by atoms with Crippen LogP contribution in [0, 0.1) is 0 Å². The average molecular weight is 798 g/mol. The van der Waals surface area contributed by atoms with E-state index >= 15 is 0 Å². The summed E-state index contributed by atoms with van der Waals surface area (Å²) < 4.78 is 1.19.